The van der Waals surface area contributed by atoms with Crippen molar-refractivity contribution in [2.75, 3.05) is 18.0 Å². The average molecular weight is 304 g/mol. The Morgan fingerprint density at radius 1 is 1.18 bits per heavy atom. The predicted molar refractivity (Wildman–Crippen MR) is 85.8 cm³/mol. The first-order valence-electron chi connectivity index (χ1n) is 7.69. The number of aromatic nitrogens is 3. The van der Waals surface area contributed by atoms with Crippen LogP contribution in [-0.2, 0) is 11.2 Å². The molecule has 0 saturated heterocycles. The number of nitrogen functional groups attached to an aromatic ring is 2. The third kappa shape index (κ3) is 4.16. The molecule has 1 heterocycles. The van der Waals surface area contributed by atoms with Gasteiger partial charge in [0, 0.05) is 24.6 Å². The fraction of sp³-hybridized carbons (Fsp3) is 0.600. The van der Waals surface area contributed by atoms with Gasteiger partial charge in [-0.25, -0.2) is 0 Å². The topological polar surface area (TPSA) is 111 Å². The van der Waals surface area contributed by atoms with E-state index in [1.54, 1.807) is 6.92 Å². The van der Waals surface area contributed by atoms with Crippen LogP contribution in [0.15, 0.2) is 12.2 Å². The van der Waals surface area contributed by atoms with E-state index in [2.05, 4.69) is 21.5 Å². The van der Waals surface area contributed by atoms with Crippen molar-refractivity contribution < 1.29 is 4.79 Å². The Balaban J connectivity index is 2.08. The van der Waals surface area contributed by atoms with Crippen LogP contribution < -0.4 is 11.5 Å². The van der Waals surface area contributed by atoms with E-state index in [9.17, 15) is 4.79 Å². The van der Waals surface area contributed by atoms with Crippen LogP contribution in [-0.4, -0.2) is 38.3 Å². The van der Waals surface area contributed by atoms with Gasteiger partial charge in [-0.2, -0.15) is 15.0 Å². The van der Waals surface area contributed by atoms with Crippen molar-refractivity contribution >= 4 is 17.8 Å². The molecule has 0 radical (unpaired) electrons. The zero-order valence-corrected chi connectivity index (χ0v) is 13.1. The Bertz CT molecular complexity index is 533. The van der Waals surface area contributed by atoms with Crippen molar-refractivity contribution in [3.05, 3.63) is 18.0 Å². The summed E-state index contributed by atoms with van der Waals surface area (Å²) in [5, 5.41) is 0. The molecule has 0 atom stereocenters. The third-order valence-corrected chi connectivity index (χ3v) is 3.93. The summed E-state index contributed by atoms with van der Waals surface area (Å²) in [7, 11) is 0. The molecule has 0 aromatic carbocycles. The van der Waals surface area contributed by atoms with E-state index in [0.29, 0.717) is 24.4 Å². The summed E-state index contributed by atoms with van der Waals surface area (Å²) in [6.07, 6.45) is 6.16. The van der Waals surface area contributed by atoms with Crippen molar-refractivity contribution in [3.63, 3.8) is 0 Å². The third-order valence-electron chi connectivity index (χ3n) is 3.93. The molecule has 1 aliphatic carbocycles. The SMILES string of the molecule is C=C(C)C(=O)N(CCc1nc(N)nc(N)n1)C1CCCCC1. The highest BCUT2D eigenvalue weighted by molar-refractivity contribution is 5.92. The Labute approximate surface area is 130 Å². The molecule has 0 bridgehead atoms. The van der Waals surface area contributed by atoms with Gasteiger partial charge >= 0.3 is 0 Å². The van der Waals surface area contributed by atoms with Crippen molar-refractivity contribution in [2.45, 2.75) is 51.5 Å². The van der Waals surface area contributed by atoms with E-state index in [1.807, 2.05) is 4.90 Å². The molecule has 2 rings (SSSR count). The monoisotopic (exact) mass is 304 g/mol. The minimum Gasteiger partial charge on any atom is -0.368 e. The van der Waals surface area contributed by atoms with Crippen LogP contribution in [0.5, 0.6) is 0 Å². The summed E-state index contributed by atoms with van der Waals surface area (Å²) < 4.78 is 0. The molecule has 0 spiro atoms. The highest BCUT2D eigenvalue weighted by Gasteiger charge is 2.25. The van der Waals surface area contributed by atoms with E-state index in [4.69, 9.17) is 11.5 Å². The molecule has 1 saturated carbocycles. The largest absolute Gasteiger partial charge is 0.368 e. The van der Waals surface area contributed by atoms with Gasteiger partial charge in [-0.1, -0.05) is 25.8 Å². The maximum Gasteiger partial charge on any atom is 0.249 e. The maximum absolute atomic E-state index is 12.4. The van der Waals surface area contributed by atoms with Gasteiger partial charge in [-0.05, 0) is 19.8 Å². The molecule has 7 nitrogen and oxygen atoms in total. The number of carbonyl (C=O) groups excluding carboxylic acids is 1. The molecule has 1 aromatic rings. The van der Waals surface area contributed by atoms with E-state index in [0.717, 1.165) is 25.7 Å². The zero-order chi connectivity index (χ0) is 16.1. The molecule has 1 fully saturated rings. The van der Waals surface area contributed by atoms with Crippen molar-refractivity contribution in [3.8, 4) is 0 Å². The maximum atomic E-state index is 12.4. The van der Waals surface area contributed by atoms with E-state index in [1.165, 1.54) is 6.42 Å². The Morgan fingerprint density at radius 2 is 1.77 bits per heavy atom. The number of hydrogen-bond acceptors (Lipinski definition) is 6. The summed E-state index contributed by atoms with van der Waals surface area (Å²) in [5.74, 6) is 0.734. The number of rotatable bonds is 5. The number of amides is 1. The molecule has 0 aliphatic heterocycles. The Kier molecular flexibility index (Phi) is 5.30. The molecule has 0 unspecified atom stereocenters. The van der Waals surface area contributed by atoms with Crippen molar-refractivity contribution in [1.82, 2.24) is 19.9 Å². The minimum absolute atomic E-state index is 0.00176. The van der Waals surface area contributed by atoms with Gasteiger partial charge in [0.2, 0.25) is 17.8 Å². The van der Waals surface area contributed by atoms with Crippen LogP contribution in [0.4, 0.5) is 11.9 Å². The number of anilines is 2. The van der Waals surface area contributed by atoms with E-state index >= 15 is 0 Å². The van der Waals surface area contributed by atoms with Crippen LogP contribution in [0.3, 0.4) is 0 Å². The van der Waals surface area contributed by atoms with Crippen LogP contribution in [0.2, 0.25) is 0 Å². The summed E-state index contributed by atoms with van der Waals surface area (Å²) in [4.78, 5) is 26.2. The van der Waals surface area contributed by atoms with E-state index in [-0.39, 0.29) is 23.8 Å². The second-order valence-electron chi connectivity index (χ2n) is 5.79. The first-order valence-corrected chi connectivity index (χ1v) is 7.69. The number of carbonyl (C=O) groups is 1. The molecule has 4 N–H and O–H groups in total. The van der Waals surface area contributed by atoms with Gasteiger partial charge in [0.15, 0.2) is 0 Å². The molecule has 22 heavy (non-hydrogen) atoms. The van der Waals surface area contributed by atoms with Crippen LogP contribution >= 0.6 is 0 Å². The van der Waals surface area contributed by atoms with Gasteiger partial charge in [0.05, 0.1) is 0 Å². The normalized spacial score (nSPS) is 15.5. The highest BCUT2D eigenvalue weighted by Crippen LogP contribution is 2.24. The fourth-order valence-electron chi connectivity index (χ4n) is 2.88. The van der Waals surface area contributed by atoms with Crippen molar-refractivity contribution in [1.29, 1.82) is 0 Å². The average Bonchev–Trinajstić information content (AvgIpc) is 2.47. The Morgan fingerprint density at radius 3 is 2.32 bits per heavy atom. The van der Waals surface area contributed by atoms with Crippen molar-refractivity contribution in [2.24, 2.45) is 0 Å². The number of nitrogens with two attached hydrogens (primary N) is 2. The van der Waals surface area contributed by atoms with Gasteiger partial charge in [0.25, 0.3) is 0 Å². The molecule has 1 amide bonds. The lowest BCUT2D eigenvalue weighted by Crippen LogP contribution is -2.43. The second-order valence-corrected chi connectivity index (χ2v) is 5.79. The fourth-order valence-corrected chi connectivity index (χ4v) is 2.88. The number of nitrogens with zero attached hydrogens (tertiary/aromatic N) is 4. The molecule has 1 aromatic heterocycles. The smallest absolute Gasteiger partial charge is 0.249 e. The van der Waals surface area contributed by atoms with E-state index < -0.39 is 0 Å². The van der Waals surface area contributed by atoms with Crippen LogP contribution in [0.25, 0.3) is 0 Å². The van der Waals surface area contributed by atoms with Gasteiger partial charge in [-0.3, -0.25) is 4.79 Å². The second kappa shape index (κ2) is 7.20. The molecule has 120 valence electrons. The first-order chi connectivity index (χ1) is 10.5. The van der Waals surface area contributed by atoms with Gasteiger partial charge in [0.1, 0.15) is 5.82 Å². The summed E-state index contributed by atoms with van der Waals surface area (Å²) in [6.45, 7) is 6.07. The summed E-state index contributed by atoms with van der Waals surface area (Å²) in [5.41, 5.74) is 11.7. The standard InChI is InChI=1S/C15H24N6O/c1-10(2)13(22)21(11-6-4-3-5-7-11)9-8-12-18-14(16)20-15(17)19-12/h11H,1,3-9H2,2H3,(H4,16,17,18,19,20). The van der Waals surface area contributed by atoms with Gasteiger partial charge < -0.3 is 16.4 Å². The predicted octanol–water partition coefficient (Wildman–Crippen LogP) is 1.32. The first kappa shape index (κ1) is 16.2. The lowest BCUT2D eigenvalue weighted by molar-refractivity contribution is -0.130. The number of hydrogen-bond donors (Lipinski definition) is 2. The molecule has 1 aliphatic rings. The lowest BCUT2D eigenvalue weighted by Gasteiger charge is -2.34. The van der Waals surface area contributed by atoms with Crippen LogP contribution in [0, 0.1) is 0 Å². The Hall–Kier alpha value is -2.18. The minimum atomic E-state index is 0.00176. The quantitative estimate of drug-likeness (QED) is 0.793. The summed E-state index contributed by atoms with van der Waals surface area (Å²) >= 11 is 0. The zero-order valence-electron chi connectivity index (χ0n) is 13.1. The molecular weight excluding hydrogens is 280 g/mol. The lowest BCUT2D eigenvalue weighted by atomic mass is 9.93. The molecule has 7 heteroatoms. The van der Waals surface area contributed by atoms with Crippen LogP contribution in [0.1, 0.15) is 44.9 Å². The molecular formula is C15H24N6O. The summed E-state index contributed by atoms with van der Waals surface area (Å²) in [6, 6.07) is 0.273. The highest BCUT2D eigenvalue weighted by atomic mass is 16.2. The van der Waals surface area contributed by atoms with Gasteiger partial charge in [-0.15, -0.1) is 0 Å².